The molecule has 3 heterocycles. The first-order valence-electron chi connectivity index (χ1n) is 11.5. The van der Waals surface area contributed by atoms with Crippen LogP contribution in [0.1, 0.15) is 41.3 Å². The predicted octanol–water partition coefficient (Wildman–Crippen LogP) is 4.85. The highest BCUT2D eigenvalue weighted by atomic mass is 19.4. The number of alkyl halides is 3. The molecule has 0 spiro atoms. The van der Waals surface area contributed by atoms with E-state index in [2.05, 4.69) is 30.2 Å². The summed E-state index contributed by atoms with van der Waals surface area (Å²) in [6.45, 7) is 0.365. The van der Waals surface area contributed by atoms with Crippen LogP contribution in [0.3, 0.4) is 0 Å². The predicted molar refractivity (Wildman–Crippen MR) is 130 cm³/mol. The van der Waals surface area contributed by atoms with Gasteiger partial charge in [0, 0.05) is 43.7 Å². The molecule has 1 aromatic carbocycles. The molecule has 0 radical (unpaired) electrons. The third-order valence-electron chi connectivity index (χ3n) is 6.03. The van der Waals surface area contributed by atoms with Gasteiger partial charge in [-0.05, 0) is 18.4 Å². The second-order valence-corrected chi connectivity index (χ2v) is 8.67. The summed E-state index contributed by atoms with van der Waals surface area (Å²) >= 11 is 0. The van der Waals surface area contributed by atoms with Gasteiger partial charge in [-0.25, -0.2) is 24.9 Å². The van der Waals surface area contributed by atoms with E-state index in [0.29, 0.717) is 46.7 Å². The number of nitrogens with one attached hydrogen (secondary N) is 2. The Balaban J connectivity index is 1.38. The molecule has 0 unspecified atom stereocenters. The van der Waals surface area contributed by atoms with Gasteiger partial charge in [0.15, 0.2) is 11.5 Å². The number of aryl methyl sites for hydroxylation is 1. The number of benzene rings is 1. The molecule has 3 aromatic heterocycles. The van der Waals surface area contributed by atoms with E-state index in [1.165, 1.54) is 25.1 Å². The highest BCUT2D eigenvalue weighted by Crippen LogP contribution is 2.45. The van der Waals surface area contributed by atoms with Gasteiger partial charge < -0.3 is 20.0 Å². The summed E-state index contributed by atoms with van der Waals surface area (Å²) in [6.07, 6.45) is 2.72. The molecule has 0 amide bonds. The average Bonchev–Trinajstić information content (AvgIpc) is 3.67. The van der Waals surface area contributed by atoms with Gasteiger partial charge in [-0.3, -0.25) is 0 Å². The molecule has 1 aliphatic carbocycles. The summed E-state index contributed by atoms with van der Waals surface area (Å²) in [7, 11) is 3.06. The van der Waals surface area contributed by atoms with Gasteiger partial charge in [0.2, 0.25) is 5.88 Å². The summed E-state index contributed by atoms with van der Waals surface area (Å²) < 4.78 is 45.8. The van der Waals surface area contributed by atoms with Gasteiger partial charge >= 0.3 is 6.18 Å². The van der Waals surface area contributed by atoms with E-state index in [0.717, 1.165) is 36.5 Å². The van der Waals surface area contributed by atoms with Crippen molar-refractivity contribution in [3.05, 3.63) is 65.5 Å². The Kier molecular flexibility index (Phi) is 6.32. The molecule has 1 saturated carbocycles. The van der Waals surface area contributed by atoms with Crippen molar-refractivity contribution in [2.75, 3.05) is 12.4 Å². The second kappa shape index (κ2) is 9.60. The van der Waals surface area contributed by atoms with Crippen LogP contribution in [0.5, 0.6) is 5.88 Å². The molecular weight excluding hydrogens is 485 g/mol. The van der Waals surface area contributed by atoms with Crippen molar-refractivity contribution in [3.63, 3.8) is 0 Å². The fraction of sp³-hybridized carbons (Fsp3) is 0.280. The number of hydrogen-bond donors (Lipinski definition) is 2. The topological polar surface area (TPSA) is 114 Å². The van der Waals surface area contributed by atoms with Crippen LogP contribution in [0.4, 0.5) is 19.0 Å². The molecule has 1 fully saturated rings. The lowest BCUT2D eigenvalue weighted by atomic mass is 10.1. The van der Waals surface area contributed by atoms with Crippen LogP contribution in [0, 0.1) is 5.41 Å². The number of imidazole rings is 1. The minimum absolute atomic E-state index is 0.226. The fourth-order valence-corrected chi connectivity index (χ4v) is 4.00. The van der Waals surface area contributed by atoms with Crippen LogP contribution in [-0.4, -0.2) is 42.8 Å². The van der Waals surface area contributed by atoms with Crippen LogP contribution in [-0.2, 0) is 19.8 Å². The summed E-state index contributed by atoms with van der Waals surface area (Å²) in [4.78, 5) is 21.5. The first-order valence-corrected chi connectivity index (χ1v) is 11.5. The normalized spacial score (nSPS) is 13.4. The van der Waals surface area contributed by atoms with E-state index in [9.17, 15) is 13.2 Å². The molecule has 190 valence electrons. The quantitative estimate of drug-likeness (QED) is 0.327. The molecule has 5 rings (SSSR count). The summed E-state index contributed by atoms with van der Waals surface area (Å²) in [5.41, 5.74) is 2.49. The molecule has 0 aliphatic heterocycles. The SMILES string of the molecule is COc1ncnc(C2CC2)c1-c1ncc(C=N)c(NCc2ccc(-c3nc(C(F)(F)F)cn3C)cc2)n1. The zero-order chi connectivity index (χ0) is 26.2. The molecule has 37 heavy (non-hydrogen) atoms. The molecule has 0 saturated heterocycles. The maximum atomic E-state index is 13.0. The Hall–Kier alpha value is -4.35. The van der Waals surface area contributed by atoms with E-state index in [1.54, 1.807) is 30.5 Å². The Labute approximate surface area is 210 Å². The monoisotopic (exact) mass is 508 g/mol. The molecule has 12 heteroatoms. The lowest BCUT2D eigenvalue weighted by Gasteiger charge is -2.13. The van der Waals surface area contributed by atoms with Crippen molar-refractivity contribution < 1.29 is 17.9 Å². The van der Waals surface area contributed by atoms with Crippen molar-refractivity contribution in [2.45, 2.75) is 31.5 Å². The molecule has 0 bridgehead atoms. The minimum Gasteiger partial charge on any atom is -0.480 e. The highest BCUT2D eigenvalue weighted by Gasteiger charge is 2.34. The molecule has 2 N–H and O–H groups in total. The number of halogens is 3. The summed E-state index contributed by atoms with van der Waals surface area (Å²) in [5, 5.41) is 11.0. The third-order valence-corrected chi connectivity index (χ3v) is 6.03. The van der Waals surface area contributed by atoms with E-state index in [4.69, 9.17) is 10.1 Å². The fourth-order valence-electron chi connectivity index (χ4n) is 4.00. The Morgan fingerprint density at radius 1 is 1.14 bits per heavy atom. The van der Waals surface area contributed by atoms with Crippen LogP contribution < -0.4 is 10.1 Å². The van der Waals surface area contributed by atoms with Crippen molar-refractivity contribution >= 4 is 12.0 Å². The van der Waals surface area contributed by atoms with E-state index in [-0.39, 0.29) is 5.82 Å². The lowest BCUT2D eigenvalue weighted by molar-refractivity contribution is -0.140. The Morgan fingerprint density at radius 2 is 1.89 bits per heavy atom. The maximum absolute atomic E-state index is 13.0. The first kappa shape index (κ1) is 24.3. The standard InChI is InChI=1S/C25H23F3N8O/c1-36-12-18(25(26,27)28)34-23(36)16-5-3-14(4-6-16)10-30-21-17(9-29)11-31-22(35-21)19-20(15-7-8-15)32-13-33-24(19)37-2/h3-6,9,11-13,15,29H,7-8,10H2,1-2H3,(H,30,31,35). The van der Waals surface area contributed by atoms with E-state index in [1.807, 2.05) is 0 Å². The van der Waals surface area contributed by atoms with Crippen molar-refractivity contribution in [1.82, 2.24) is 29.5 Å². The number of anilines is 1. The molecule has 0 atom stereocenters. The zero-order valence-corrected chi connectivity index (χ0v) is 20.0. The Morgan fingerprint density at radius 3 is 2.51 bits per heavy atom. The number of aromatic nitrogens is 6. The smallest absolute Gasteiger partial charge is 0.434 e. The van der Waals surface area contributed by atoms with Crippen molar-refractivity contribution in [1.29, 1.82) is 5.41 Å². The van der Waals surface area contributed by atoms with Crippen LogP contribution in [0.25, 0.3) is 22.8 Å². The van der Waals surface area contributed by atoms with Crippen LogP contribution >= 0.6 is 0 Å². The lowest BCUT2D eigenvalue weighted by Crippen LogP contribution is -2.08. The summed E-state index contributed by atoms with van der Waals surface area (Å²) in [6, 6.07) is 7.04. The van der Waals surface area contributed by atoms with Crippen LogP contribution in [0.15, 0.2) is 43.0 Å². The maximum Gasteiger partial charge on any atom is 0.434 e. The number of hydrogen-bond acceptors (Lipinski definition) is 8. The average molecular weight is 509 g/mol. The van der Waals surface area contributed by atoms with E-state index < -0.39 is 11.9 Å². The van der Waals surface area contributed by atoms with Gasteiger partial charge in [0.1, 0.15) is 23.5 Å². The first-order chi connectivity index (χ1) is 17.8. The third kappa shape index (κ3) is 4.99. The number of rotatable bonds is 8. The molecule has 9 nitrogen and oxygen atoms in total. The molecular formula is C25H23F3N8O. The van der Waals surface area contributed by atoms with Gasteiger partial charge in [0.05, 0.1) is 18.4 Å². The number of methoxy groups -OCH3 is 1. The van der Waals surface area contributed by atoms with Crippen molar-refractivity contribution in [2.24, 2.45) is 7.05 Å². The van der Waals surface area contributed by atoms with Gasteiger partial charge in [-0.1, -0.05) is 24.3 Å². The molecule has 1 aliphatic rings. The van der Waals surface area contributed by atoms with Gasteiger partial charge in [-0.2, -0.15) is 13.2 Å². The summed E-state index contributed by atoms with van der Waals surface area (Å²) in [5.74, 6) is 1.79. The van der Waals surface area contributed by atoms with Gasteiger partial charge in [-0.15, -0.1) is 0 Å². The van der Waals surface area contributed by atoms with Crippen LogP contribution in [0.2, 0.25) is 0 Å². The Bertz CT molecular complexity index is 1450. The van der Waals surface area contributed by atoms with Crippen molar-refractivity contribution in [3.8, 4) is 28.7 Å². The minimum atomic E-state index is -4.50. The zero-order valence-electron chi connectivity index (χ0n) is 20.0. The number of ether oxygens (including phenoxy) is 1. The highest BCUT2D eigenvalue weighted by molar-refractivity contribution is 5.84. The van der Waals surface area contributed by atoms with E-state index >= 15 is 0 Å². The molecule has 4 aromatic rings. The number of nitrogens with zero attached hydrogens (tertiary/aromatic N) is 6. The van der Waals surface area contributed by atoms with Gasteiger partial charge in [0.25, 0.3) is 0 Å². The second-order valence-electron chi connectivity index (χ2n) is 8.67. The largest absolute Gasteiger partial charge is 0.480 e.